The van der Waals surface area contributed by atoms with Crippen LogP contribution in [0.1, 0.15) is 33.4 Å². The van der Waals surface area contributed by atoms with Crippen molar-refractivity contribution in [3.8, 4) is 11.1 Å². The van der Waals surface area contributed by atoms with Crippen LogP contribution < -0.4 is 9.80 Å². The highest BCUT2D eigenvalue weighted by Gasteiger charge is 2.28. The van der Waals surface area contributed by atoms with Crippen LogP contribution in [0.15, 0.2) is 133 Å². The molecule has 2 aliphatic heterocycles. The maximum Gasteiger partial charge on any atom is 0.0537 e. The lowest BCUT2D eigenvalue weighted by Gasteiger charge is -2.28. The summed E-state index contributed by atoms with van der Waals surface area (Å²) in [5, 5.41) is 0. The molecule has 43 heavy (non-hydrogen) atoms. The van der Waals surface area contributed by atoms with Crippen molar-refractivity contribution in [2.75, 3.05) is 9.80 Å². The number of rotatable bonds is 2. The molecule has 0 saturated carbocycles. The molecule has 2 nitrogen and oxygen atoms in total. The van der Waals surface area contributed by atoms with Crippen molar-refractivity contribution < 1.29 is 0 Å². The molecule has 0 spiro atoms. The average molecular weight is 549 g/mol. The lowest BCUT2D eigenvalue weighted by molar-refractivity contribution is 1.21. The molecule has 202 valence electrons. The molecule has 0 radical (unpaired) electrons. The van der Waals surface area contributed by atoms with E-state index in [0.717, 1.165) is 6.42 Å². The molecule has 0 N–H and O–H groups in total. The van der Waals surface area contributed by atoms with E-state index in [9.17, 15) is 0 Å². The third-order valence-corrected chi connectivity index (χ3v) is 8.93. The molecule has 0 atom stereocenters. The molecule has 0 unspecified atom stereocenters. The normalized spacial score (nSPS) is 13.7. The van der Waals surface area contributed by atoms with Gasteiger partial charge in [0.1, 0.15) is 0 Å². The minimum atomic E-state index is 0.910. The molecule has 0 amide bonds. The lowest BCUT2D eigenvalue weighted by Crippen LogP contribution is -2.12. The Balaban J connectivity index is 1.22. The Labute approximate surface area is 252 Å². The van der Waals surface area contributed by atoms with Crippen molar-refractivity contribution in [3.63, 3.8) is 0 Å². The number of nitrogens with zero attached hydrogens (tertiary/aromatic N) is 2. The van der Waals surface area contributed by atoms with Crippen molar-refractivity contribution in [2.24, 2.45) is 0 Å². The van der Waals surface area contributed by atoms with Crippen molar-refractivity contribution in [1.29, 1.82) is 0 Å². The van der Waals surface area contributed by atoms with Crippen LogP contribution >= 0.6 is 0 Å². The molecule has 3 aliphatic rings. The van der Waals surface area contributed by atoms with E-state index in [2.05, 4.69) is 168 Å². The summed E-state index contributed by atoms with van der Waals surface area (Å²) in [6, 6.07) is 48.5. The van der Waals surface area contributed by atoms with Gasteiger partial charge in [-0.05, 0) is 112 Å². The molecule has 6 aromatic carbocycles. The molecule has 6 aromatic rings. The lowest BCUT2D eigenvalue weighted by atomic mass is 9.98. The van der Waals surface area contributed by atoms with Crippen molar-refractivity contribution in [3.05, 3.63) is 167 Å². The number of fused-ring (bicyclic) bond motifs is 7. The van der Waals surface area contributed by atoms with Crippen LogP contribution in [0.2, 0.25) is 0 Å². The Kier molecular flexibility index (Phi) is 5.30. The topological polar surface area (TPSA) is 6.48 Å². The molecule has 0 fully saturated rings. The number of para-hydroxylation sites is 4. The van der Waals surface area contributed by atoms with E-state index < -0.39 is 0 Å². The summed E-state index contributed by atoms with van der Waals surface area (Å²) >= 11 is 0. The Morgan fingerprint density at radius 1 is 0.349 bits per heavy atom. The summed E-state index contributed by atoms with van der Waals surface area (Å²) in [6.07, 6.45) is 9.99. The van der Waals surface area contributed by atoms with Gasteiger partial charge in [0.25, 0.3) is 0 Å². The Hall–Kier alpha value is -5.60. The first-order valence-corrected chi connectivity index (χ1v) is 14.9. The SMILES string of the molecule is C1=Cc2cc3c(cc2N(c2ccccc2)c2ccccc21)Cc1cc2c(cc1-3)C=Cc1ccccc1N2c1ccccc1. The van der Waals surface area contributed by atoms with Crippen molar-refractivity contribution >= 4 is 58.4 Å². The quantitative estimate of drug-likeness (QED) is 0.212. The summed E-state index contributed by atoms with van der Waals surface area (Å²) in [5.74, 6) is 0. The van der Waals surface area contributed by atoms with Gasteiger partial charge in [-0.25, -0.2) is 0 Å². The zero-order chi connectivity index (χ0) is 28.3. The van der Waals surface area contributed by atoms with Gasteiger partial charge in [0, 0.05) is 11.4 Å². The van der Waals surface area contributed by atoms with Crippen LogP contribution in [0.25, 0.3) is 35.4 Å². The summed E-state index contributed by atoms with van der Waals surface area (Å²) in [6.45, 7) is 0. The predicted octanol–water partition coefficient (Wildman–Crippen LogP) is 11.2. The highest BCUT2D eigenvalue weighted by molar-refractivity contribution is 5.99. The molecule has 1 aliphatic carbocycles. The largest absolute Gasteiger partial charge is 0.309 e. The number of anilines is 6. The van der Waals surface area contributed by atoms with Gasteiger partial charge < -0.3 is 9.80 Å². The van der Waals surface area contributed by atoms with Gasteiger partial charge >= 0.3 is 0 Å². The standard InChI is InChI=1S/C41H28N2/c1-3-13-34(14-4-1)42-38-17-9-7-11-28(38)19-21-30-24-36-32(26-40(30)42)23-33-27-41-31(25-37(33)36)22-20-29-12-8-10-18-39(29)43(41)35-15-5-2-6-16-35/h1-22,24-27H,23H2. The van der Waals surface area contributed by atoms with Crippen molar-refractivity contribution in [1.82, 2.24) is 0 Å². The first-order chi connectivity index (χ1) is 21.3. The second kappa shape index (κ2) is 9.47. The fourth-order valence-electron chi connectivity index (χ4n) is 6.94. The second-order valence-electron chi connectivity index (χ2n) is 11.4. The van der Waals surface area contributed by atoms with Gasteiger partial charge in [-0.2, -0.15) is 0 Å². The van der Waals surface area contributed by atoms with Gasteiger partial charge in [0.15, 0.2) is 0 Å². The van der Waals surface area contributed by atoms with Crippen LogP contribution in [0.4, 0.5) is 34.1 Å². The maximum atomic E-state index is 2.43. The Morgan fingerprint density at radius 3 is 1.21 bits per heavy atom. The molecule has 0 aromatic heterocycles. The molecule has 0 saturated heterocycles. The Morgan fingerprint density at radius 2 is 0.744 bits per heavy atom. The maximum absolute atomic E-state index is 2.43. The zero-order valence-corrected chi connectivity index (χ0v) is 23.6. The smallest absolute Gasteiger partial charge is 0.0537 e. The first kappa shape index (κ1) is 24.0. The summed E-state index contributed by atoms with van der Waals surface area (Å²) in [5.41, 5.74) is 17.5. The van der Waals surface area contributed by atoms with Crippen LogP contribution in [-0.4, -0.2) is 0 Å². The molecule has 0 bridgehead atoms. The molecular weight excluding hydrogens is 520 g/mol. The highest BCUT2D eigenvalue weighted by Crippen LogP contribution is 2.50. The number of hydrogen-bond acceptors (Lipinski definition) is 2. The van der Waals surface area contributed by atoms with E-state index in [1.54, 1.807) is 0 Å². The fourth-order valence-corrected chi connectivity index (χ4v) is 6.94. The summed E-state index contributed by atoms with van der Waals surface area (Å²) in [4.78, 5) is 4.83. The van der Waals surface area contributed by atoms with E-state index in [-0.39, 0.29) is 0 Å². The average Bonchev–Trinajstić information content (AvgIpc) is 3.20. The third kappa shape index (κ3) is 3.80. The molecular formula is C41H28N2. The van der Waals surface area contributed by atoms with Crippen LogP contribution in [-0.2, 0) is 6.42 Å². The number of benzene rings is 6. The summed E-state index contributed by atoms with van der Waals surface area (Å²) < 4.78 is 0. The Bertz CT molecular complexity index is 1950. The molecule has 9 rings (SSSR count). The second-order valence-corrected chi connectivity index (χ2v) is 11.4. The minimum Gasteiger partial charge on any atom is -0.309 e. The molecule has 2 heteroatoms. The van der Waals surface area contributed by atoms with Gasteiger partial charge in [-0.15, -0.1) is 0 Å². The monoisotopic (exact) mass is 548 g/mol. The van der Waals surface area contributed by atoms with Gasteiger partial charge in [-0.3, -0.25) is 0 Å². The van der Waals surface area contributed by atoms with E-state index in [0.29, 0.717) is 0 Å². The van der Waals surface area contributed by atoms with E-state index in [1.807, 2.05) is 0 Å². The first-order valence-electron chi connectivity index (χ1n) is 14.9. The predicted molar refractivity (Wildman–Crippen MR) is 182 cm³/mol. The zero-order valence-electron chi connectivity index (χ0n) is 23.6. The third-order valence-electron chi connectivity index (χ3n) is 8.93. The molecule has 2 heterocycles. The van der Waals surface area contributed by atoms with Gasteiger partial charge in [0.2, 0.25) is 0 Å². The van der Waals surface area contributed by atoms with E-state index in [4.69, 9.17) is 0 Å². The highest BCUT2D eigenvalue weighted by atomic mass is 15.2. The minimum absolute atomic E-state index is 0.910. The van der Waals surface area contributed by atoms with Crippen LogP contribution in [0.3, 0.4) is 0 Å². The van der Waals surface area contributed by atoms with Gasteiger partial charge in [0.05, 0.1) is 22.7 Å². The fraction of sp³-hybridized carbons (Fsp3) is 0.0244. The summed E-state index contributed by atoms with van der Waals surface area (Å²) in [7, 11) is 0. The van der Waals surface area contributed by atoms with Gasteiger partial charge in [-0.1, -0.05) is 97.1 Å². The van der Waals surface area contributed by atoms with E-state index >= 15 is 0 Å². The number of hydrogen-bond donors (Lipinski definition) is 0. The van der Waals surface area contributed by atoms with Crippen LogP contribution in [0.5, 0.6) is 0 Å². The van der Waals surface area contributed by atoms with E-state index in [1.165, 1.54) is 78.6 Å². The van der Waals surface area contributed by atoms with Crippen molar-refractivity contribution in [2.45, 2.75) is 6.42 Å². The van der Waals surface area contributed by atoms with Crippen LogP contribution in [0, 0.1) is 0 Å².